The second-order valence-electron chi connectivity index (χ2n) is 2.79. The van der Waals surface area contributed by atoms with Gasteiger partial charge in [0.15, 0.2) is 0 Å². The van der Waals surface area contributed by atoms with Gasteiger partial charge in [0.05, 0.1) is 0 Å². The van der Waals surface area contributed by atoms with E-state index in [1.54, 1.807) is 14.2 Å². The molecular formula is C8H21NO3Si. The highest BCUT2D eigenvalue weighted by Gasteiger charge is 2.37. The first-order valence-corrected chi connectivity index (χ1v) is 6.56. The molecular weight excluding hydrogens is 186 g/mol. The zero-order chi connectivity index (χ0) is 10.2. The van der Waals surface area contributed by atoms with Crippen molar-refractivity contribution < 1.29 is 13.3 Å². The Hall–Kier alpha value is 0.0569. The van der Waals surface area contributed by atoms with E-state index >= 15 is 0 Å². The summed E-state index contributed by atoms with van der Waals surface area (Å²) in [5, 5.41) is 3.06. The lowest BCUT2D eigenvalue weighted by Crippen LogP contribution is -2.45. The molecule has 0 aliphatic heterocycles. The summed E-state index contributed by atoms with van der Waals surface area (Å²) in [6.45, 7) is 3.64. The summed E-state index contributed by atoms with van der Waals surface area (Å²) in [6.07, 6.45) is 0.987. The van der Waals surface area contributed by atoms with Gasteiger partial charge >= 0.3 is 8.80 Å². The maximum atomic E-state index is 5.63. The molecule has 0 saturated carbocycles. The molecule has 0 unspecified atom stereocenters. The van der Waals surface area contributed by atoms with E-state index < -0.39 is 8.80 Å². The van der Waals surface area contributed by atoms with E-state index in [0.29, 0.717) is 6.61 Å². The maximum absolute atomic E-state index is 5.63. The highest BCUT2D eigenvalue weighted by molar-refractivity contribution is 6.60. The van der Waals surface area contributed by atoms with Gasteiger partial charge < -0.3 is 18.6 Å². The van der Waals surface area contributed by atoms with Gasteiger partial charge in [-0.05, 0) is 20.0 Å². The molecule has 0 saturated heterocycles. The van der Waals surface area contributed by atoms with E-state index in [1.807, 2.05) is 7.05 Å². The highest BCUT2D eigenvalue weighted by atomic mass is 28.4. The fraction of sp³-hybridized carbons (Fsp3) is 1.00. The summed E-state index contributed by atoms with van der Waals surface area (Å²) in [7, 11) is 2.87. The third-order valence-electron chi connectivity index (χ3n) is 1.83. The molecule has 80 valence electrons. The Bertz CT molecular complexity index is 110. The smallest absolute Gasteiger partial charge is 0.377 e. The highest BCUT2D eigenvalue weighted by Crippen LogP contribution is 2.12. The molecule has 0 atom stereocenters. The normalized spacial score (nSPS) is 12.0. The molecule has 0 aromatic heterocycles. The van der Waals surface area contributed by atoms with Crippen LogP contribution in [0.4, 0.5) is 0 Å². The predicted octanol–water partition coefficient (Wildman–Crippen LogP) is 0.864. The van der Waals surface area contributed by atoms with Crippen LogP contribution in [0.1, 0.15) is 13.3 Å². The van der Waals surface area contributed by atoms with E-state index in [2.05, 4.69) is 12.2 Å². The van der Waals surface area contributed by atoms with Crippen LogP contribution in [0, 0.1) is 0 Å². The fourth-order valence-corrected chi connectivity index (χ4v) is 3.04. The summed E-state index contributed by atoms with van der Waals surface area (Å²) >= 11 is 0. The predicted molar refractivity (Wildman–Crippen MR) is 54.7 cm³/mol. The van der Waals surface area contributed by atoms with Crippen LogP contribution in [0.25, 0.3) is 0 Å². The minimum Gasteiger partial charge on any atom is -0.377 e. The van der Waals surface area contributed by atoms with Crippen LogP contribution in [-0.4, -0.2) is 43.2 Å². The Labute approximate surface area is 81.9 Å². The molecule has 0 heterocycles. The van der Waals surface area contributed by atoms with Crippen LogP contribution in [0.2, 0.25) is 6.04 Å². The van der Waals surface area contributed by atoms with Crippen LogP contribution < -0.4 is 5.32 Å². The van der Waals surface area contributed by atoms with Crippen LogP contribution in [-0.2, 0) is 13.3 Å². The summed E-state index contributed by atoms with van der Waals surface area (Å²) in [5.41, 5.74) is 0. The largest absolute Gasteiger partial charge is 0.501 e. The molecule has 0 aromatic rings. The monoisotopic (exact) mass is 207 g/mol. The van der Waals surface area contributed by atoms with Crippen LogP contribution in [0.3, 0.4) is 0 Å². The van der Waals surface area contributed by atoms with Gasteiger partial charge in [-0.15, -0.1) is 0 Å². The van der Waals surface area contributed by atoms with E-state index in [0.717, 1.165) is 19.0 Å². The van der Waals surface area contributed by atoms with E-state index in [4.69, 9.17) is 13.3 Å². The van der Waals surface area contributed by atoms with Crippen molar-refractivity contribution in [2.75, 3.05) is 34.4 Å². The third kappa shape index (κ3) is 4.73. The van der Waals surface area contributed by atoms with Crippen molar-refractivity contribution in [1.29, 1.82) is 0 Å². The van der Waals surface area contributed by atoms with Gasteiger partial charge in [0.2, 0.25) is 0 Å². The van der Waals surface area contributed by atoms with Gasteiger partial charge in [0, 0.05) is 26.9 Å². The van der Waals surface area contributed by atoms with Crippen molar-refractivity contribution in [2.24, 2.45) is 0 Å². The Morgan fingerprint density at radius 2 is 1.85 bits per heavy atom. The van der Waals surface area contributed by atoms with Gasteiger partial charge in [0.1, 0.15) is 0 Å². The molecule has 0 amide bonds. The average Bonchev–Trinajstić information content (AvgIpc) is 2.20. The fourth-order valence-electron chi connectivity index (χ4n) is 1.01. The topological polar surface area (TPSA) is 39.7 Å². The zero-order valence-corrected chi connectivity index (χ0v) is 10.1. The first kappa shape index (κ1) is 13.1. The number of hydrogen-bond donors (Lipinski definition) is 1. The first-order chi connectivity index (χ1) is 6.24. The molecule has 1 N–H and O–H groups in total. The average molecular weight is 207 g/mol. The molecule has 0 bridgehead atoms. The number of rotatable bonds is 8. The van der Waals surface area contributed by atoms with Crippen molar-refractivity contribution >= 4 is 8.80 Å². The van der Waals surface area contributed by atoms with Crippen LogP contribution in [0.5, 0.6) is 0 Å². The molecule has 0 aromatic carbocycles. The summed E-state index contributed by atoms with van der Waals surface area (Å²) < 4.78 is 16.3. The van der Waals surface area contributed by atoms with E-state index in [-0.39, 0.29) is 0 Å². The van der Waals surface area contributed by atoms with Crippen molar-refractivity contribution in [1.82, 2.24) is 5.32 Å². The van der Waals surface area contributed by atoms with Gasteiger partial charge in [-0.2, -0.15) is 0 Å². The number of hydrogen-bond acceptors (Lipinski definition) is 4. The SMILES string of the molecule is CCCO[Si](CCNC)(OC)OC. The van der Waals surface area contributed by atoms with Gasteiger partial charge in [-0.25, -0.2) is 0 Å². The van der Waals surface area contributed by atoms with Gasteiger partial charge in [0.25, 0.3) is 0 Å². The summed E-state index contributed by atoms with van der Waals surface area (Å²) in [4.78, 5) is 0. The second kappa shape index (κ2) is 7.46. The Kier molecular flexibility index (Phi) is 7.49. The van der Waals surface area contributed by atoms with Crippen LogP contribution >= 0.6 is 0 Å². The van der Waals surface area contributed by atoms with Crippen molar-refractivity contribution in [3.8, 4) is 0 Å². The summed E-state index contributed by atoms with van der Waals surface area (Å²) in [6, 6.07) is 0.816. The Morgan fingerprint density at radius 3 is 2.23 bits per heavy atom. The number of nitrogens with one attached hydrogen (secondary N) is 1. The molecule has 4 nitrogen and oxygen atoms in total. The molecule has 0 radical (unpaired) electrons. The zero-order valence-electron chi connectivity index (χ0n) is 9.05. The minimum absolute atomic E-state index is 0.706. The molecule has 0 rings (SSSR count). The van der Waals surface area contributed by atoms with E-state index in [1.165, 1.54) is 0 Å². The third-order valence-corrected chi connectivity index (χ3v) is 4.58. The van der Waals surface area contributed by atoms with Crippen LogP contribution in [0.15, 0.2) is 0 Å². The molecule has 13 heavy (non-hydrogen) atoms. The molecule has 0 aliphatic rings. The molecule has 0 spiro atoms. The molecule has 0 fully saturated rings. The Morgan fingerprint density at radius 1 is 1.23 bits per heavy atom. The van der Waals surface area contributed by atoms with Crippen molar-refractivity contribution in [2.45, 2.75) is 19.4 Å². The van der Waals surface area contributed by atoms with E-state index in [9.17, 15) is 0 Å². The lowest BCUT2D eigenvalue weighted by atomic mass is 10.5. The van der Waals surface area contributed by atoms with Crippen molar-refractivity contribution in [3.63, 3.8) is 0 Å². The van der Waals surface area contributed by atoms with Gasteiger partial charge in [-0.3, -0.25) is 0 Å². The lowest BCUT2D eigenvalue weighted by molar-refractivity contribution is 0.0985. The Balaban J connectivity index is 3.97. The summed E-state index contributed by atoms with van der Waals surface area (Å²) in [5.74, 6) is 0. The first-order valence-electron chi connectivity index (χ1n) is 4.63. The quantitative estimate of drug-likeness (QED) is 0.599. The van der Waals surface area contributed by atoms with Crippen molar-refractivity contribution in [3.05, 3.63) is 0 Å². The molecule has 5 heteroatoms. The maximum Gasteiger partial charge on any atom is 0.501 e. The molecule has 0 aliphatic carbocycles. The lowest BCUT2D eigenvalue weighted by Gasteiger charge is -2.26. The minimum atomic E-state index is -2.35. The standard InChI is InChI=1S/C8H21NO3Si/c1-5-7-12-13(10-3,11-4)8-6-9-2/h9H,5-8H2,1-4H3. The van der Waals surface area contributed by atoms with Gasteiger partial charge in [-0.1, -0.05) is 6.92 Å². The second-order valence-corrected chi connectivity index (χ2v) is 5.76.